The number of thiazole rings is 1. The number of rotatable bonds is 12. The molecule has 1 N–H and O–H groups in total. The molecule has 1 atom stereocenters. The van der Waals surface area contributed by atoms with Crippen molar-refractivity contribution in [2.45, 2.75) is 39.8 Å². The van der Waals surface area contributed by atoms with Crippen LogP contribution in [0.15, 0.2) is 91.0 Å². The number of ether oxygens (including phenoxy) is 3. The van der Waals surface area contributed by atoms with Gasteiger partial charge in [-0.25, -0.2) is 9.78 Å². The summed E-state index contributed by atoms with van der Waals surface area (Å²) < 4.78 is 16.8. The molecule has 46 heavy (non-hydrogen) atoms. The lowest BCUT2D eigenvalue weighted by Crippen LogP contribution is -2.29. The minimum Gasteiger partial charge on any atom is -0.507 e. The fourth-order valence-corrected chi connectivity index (χ4v) is 6.01. The Morgan fingerprint density at radius 2 is 1.72 bits per heavy atom. The van der Waals surface area contributed by atoms with E-state index in [0.717, 1.165) is 28.9 Å². The third kappa shape index (κ3) is 6.87. The average molecular weight is 639 g/mol. The summed E-state index contributed by atoms with van der Waals surface area (Å²) >= 11 is 0.937. The van der Waals surface area contributed by atoms with E-state index in [1.54, 1.807) is 55.5 Å². The second-order valence-electron chi connectivity index (χ2n) is 10.7. The summed E-state index contributed by atoms with van der Waals surface area (Å²) in [6.45, 7) is 10.1. The molecule has 0 radical (unpaired) electrons. The molecule has 1 unspecified atom stereocenters. The van der Waals surface area contributed by atoms with Crippen LogP contribution in [-0.4, -0.2) is 41.0 Å². The van der Waals surface area contributed by atoms with E-state index in [-0.39, 0.29) is 27.9 Å². The zero-order valence-electron chi connectivity index (χ0n) is 25.8. The number of aliphatic hydroxyl groups excluding tert-OH is 1. The molecule has 1 saturated heterocycles. The van der Waals surface area contributed by atoms with Crippen molar-refractivity contribution in [3.05, 3.63) is 124 Å². The lowest BCUT2D eigenvalue weighted by atomic mass is 9.95. The van der Waals surface area contributed by atoms with E-state index in [1.807, 2.05) is 38.1 Å². The Labute approximate surface area is 271 Å². The maximum Gasteiger partial charge on any atom is 0.350 e. The van der Waals surface area contributed by atoms with E-state index in [4.69, 9.17) is 14.2 Å². The highest BCUT2D eigenvalue weighted by Crippen LogP contribution is 2.44. The Morgan fingerprint density at radius 1 is 1.02 bits per heavy atom. The number of ketones is 1. The fraction of sp³-hybridized carbons (Fsp3) is 0.222. The maximum atomic E-state index is 13.6. The molecule has 0 saturated carbocycles. The second-order valence-corrected chi connectivity index (χ2v) is 11.7. The third-order valence-electron chi connectivity index (χ3n) is 7.24. The zero-order valence-corrected chi connectivity index (χ0v) is 26.6. The zero-order chi connectivity index (χ0) is 32.8. The number of nitrogens with zero attached hydrogens (tertiary/aromatic N) is 2. The van der Waals surface area contributed by atoms with E-state index >= 15 is 0 Å². The highest BCUT2D eigenvalue weighted by atomic mass is 32.1. The minimum absolute atomic E-state index is 0.0121. The van der Waals surface area contributed by atoms with Crippen LogP contribution < -0.4 is 14.4 Å². The molecule has 10 heteroatoms. The van der Waals surface area contributed by atoms with Gasteiger partial charge >= 0.3 is 11.9 Å². The van der Waals surface area contributed by atoms with E-state index in [1.165, 1.54) is 11.0 Å². The second kappa shape index (κ2) is 14.3. The summed E-state index contributed by atoms with van der Waals surface area (Å²) in [6, 6.07) is 20.6. The summed E-state index contributed by atoms with van der Waals surface area (Å²) in [7, 11) is 0. The van der Waals surface area contributed by atoms with Crippen LogP contribution in [0.4, 0.5) is 5.13 Å². The quantitative estimate of drug-likeness (QED) is 0.0575. The molecule has 0 spiro atoms. The van der Waals surface area contributed by atoms with Gasteiger partial charge in [-0.1, -0.05) is 72.9 Å². The highest BCUT2D eigenvalue weighted by molar-refractivity contribution is 7.17. The van der Waals surface area contributed by atoms with Crippen molar-refractivity contribution in [1.82, 2.24) is 4.98 Å². The predicted octanol–water partition coefficient (Wildman–Crippen LogP) is 7.10. The standard InChI is InChI=1S/C36H34N2O7S/c1-5-18-43-27-14-10-25(11-15-27)30-29(31(39)26-12-16-28(17-13-26)45-21-24-9-7-8-22(3)20-24)32(40)34(41)38(30)36-37-23(4)33(46-36)35(42)44-19-6-2/h6-17,20,30,39H,2,5,18-19,21H2,1,3-4H3/b31-29+. The number of benzene rings is 3. The van der Waals surface area contributed by atoms with Crippen LogP contribution in [0.1, 0.15) is 57.0 Å². The lowest BCUT2D eigenvalue weighted by molar-refractivity contribution is -0.132. The Balaban J connectivity index is 1.52. The van der Waals surface area contributed by atoms with Crippen LogP contribution in [-0.2, 0) is 20.9 Å². The summed E-state index contributed by atoms with van der Waals surface area (Å²) in [6.07, 6.45) is 2.28. The summed E-state index contributed by atoms with van der Waals surface area (Å²) in [5.41, 5.74) is 3.27. The first kappa shape index (κ1) is 32.2. The lowest BCUT2D eigenvalue weighted by Gasteiger charge is -2.23. The number of hydrogen-bond donors (Lipinski definition) is 1. The Morgan fingerprint density at radius 3 is 2.39 bits per heavy atom. The topological polar surface area (TPSA) is 115 Å². The van der Waals surface area contributed by atoms with Crippen LogP contribution >= 0.6 is 11.3 Å². The molecular weight excluding hydrogens is 604 g/mol. The molecule has 1 amide bonds. The van der Waals surface area contributed by atoms with E-state index in [0.29, 0.717) is 41.5 Å². The van der Waals surface area contributed by atoms with Crippen LogP contribution in [0.3, 0.4) is 0 Å². The molecule has 0 aliphatic carbocycles. The van der Waals surface area contributed by atoms with Crippen molar-refractivity contribution >= 4 is 39.9 Å². The van der Waals surface area contributed by atoms with E-state index in [2.05, 4.69) is 11.6 Å². The van der Waals surface area contributed by atoms with Crippen LogP contribution in [0.5, 0.6) is 11.5 Å². The van der Waals surface area contributed by atoms with E-state index in [9.17, 15) is 19.5 Å². The first-order chi connectivity index (χ1) is 22.2. The van der Waals surface area contributed by atoms with E-state index < -0.39 is 23.7 Å². The number of carbonyl (C=O) groups is 3. The molecule has 1 aliphatic heterocycles. The van der Waals surface area contributed by atoms with Gasteiger partial charge in [-0.15, -0.1) is 0 Å². The van der Waals surface area contributed by atoms with Gasteiger partial charge in [0, 0.05) is 5.56 Å². The first-order valence-electron chi connectivity index (χ1n) is 14.8. The van der Waals surface area contributed by atoms with Gasteiger partial charge in [-0.2, -0.15) is 0 Å². The van der Waals surface area contributed by atoms with Gasteiger partial charge in [0.25, 0.3) is 5.78 Å². The summed E-state index contributed by atoms with van der Waals surface area (Å²) in [4.78, 5) is 45.8. The van der Waals surface area contributed by atoms with Crippen molar-refractivity contribution in [1.29, 1.82) is 0 Å². The summed E-state index contributed by atoms with van der Waals surface area (Å²) in [5, 5.41) is 11.7. The number of hydrogen-bond acceptors (Lipinski definition) is 9. The molecule has 9 nitrogen and oxygen atoms in total. The molecule has 2 heterocycles. The van der Waals surface area contributed by atoms with Crippen LogP contribution in [0.25, 0.3) is 5.76 Å². The number of aliphatic hydroxyl groups is 1. The van der Waals surface area contributed by atoms with Gasteiger partial charge in [0.05, 0.1) is 23.9 Å². The number of Topliss-reactive ketones (excluding diaryl/α,β-unsaturated/α-hetero) is 1. The number of amides is 1. The molecular formula is C36H34N2O7S. The first-order valence-corrected chi connectivity index (χ1v) is 15.6. The number of aromatic nitrogens is 1. The predicted molar refractivity (Wildman–Crippen MR) is 176 cm³/mol. The molecule has 3 aromatic carbocycles. The Bertz CT molecular complexity index is 1790. The monoisotopic (exact) mass is 638 g/mol. The van der Waals surface area contributed by atoms with Crippen molar-refractivity contribution < 1.29 is 33.7 Å². The molecule has 1 fully saturated rings. The van der Waals surface area contributed by atoms with Crippen molar-refractivity contribution in [3.8, 4) is 11.5 Å². The Kier molecular flexibility index (Phi) is 9.97. The van der Waals surface area contributed by atoms with Crippen molar-refractivity contribution in [2.24, 2.45) is 0 Å². The maximum absolute atomic E-state index is 13.6. The SMILES string of the molecule is C=CCOC(=O)c1sc(N2C(=O)C(=O)/C(=C(/O)c3ccc(OCc4cccc(C)c4)cc3)C2c2ccc(OCCC)cc2)nc1C. The average Bonchev–Trinajstić information content (AvgIpc) is 3.57. The smallest absolute Gasteiger partial charge is 0.350 e. The van der Waals surface area contributed by atoms with Crippen molar-refractivity contribution in [3.63, 3.8) is 0 Å². The highest BCUT2D eigenvalue weighted by Gasteiger charge is 2.48. The molecule has 4 aromatic rings. The largest absolute Gasteiger partial charge is 0.507 e. The number of anilines is 1. The minimum atomic E-state index is -1.03. The third-order valence-corrected chi connectivity index (χ3v) is 8.37. The Hall–Kier alpha value is -5.22. The van der Waals surface area contributed by atoms with Gasteiger partial charge < -0.3 is 19.3 Å². The van der Waals surface area contributed by atoms with Gasteiger partial charge in [-0.3, -0.25) is 14.5 Å². The number of carbonyl (C=O) groups excluding carboxylic acids is 3. The van der Waals surface area contributed by atoms with Crippen molar-refractivity contribution in [2.75, 3.05) is 18.1 Å². The molecule has 1 aliphatic rings. The molecule has 236 valence electrons. The van der Waals surface area contributed by atoms with Gasteiger partial charge in [0.2, 0.25) is 0 Å². The molecule has 1 aromatic heterocycles. The molecule has 5 rings (SSSR count). The van der Waals surface area contributed by atoms with Gasteiger partial charge in [-0.05, 0) is 67.8 Å². The number of aryl methyl sites for hydroxylation is 2. The normalized spacial score (nSPS) is 15.5. The van der Waals surface area contributed by atoms with Gasteiger partial charge in [0.1, 0.15) is 35.3 Å². The number of esters is 1. The fourth-order valence-electron chi connectivity index (χ4n) is 5.02. The van der Waals surface area contributed by atoms with Crippen LogP contribution in [0.2, 0.25) is 0 Å². The summed E-state index contributed by atoms with van der Waals surface area (Å²) in [5.74, 6) is -1.52. The van der Waals surface area contributed by atoms with Gasteiger partial charge in [0.15, 0.2) is 5.13 Å². The molecule has 0 bridgehead atoms. The van der Waals surface area contributed by atoms with Crippen LogP contribution in [0, 0.1) is 13.8 Å².